The van der Waals surface area contributed by atoms with Gasteiger partial charge in [-0.1, -0.05) is 29.0 Å². The van der Waals surface area contributed by atoms with Gasteiger partial charge in [0.05, 0.1) is 10.6 Å². The molecule has 0 radical (unpaired) electrons. The number of thiazole rings is 1. The van der Waals surface area contributed by atoms with E-state index in [1.54, 1.807) is 0 Å². The van der Waals surface area contributed by atoms with Crippen LogP contribution in [-0.4, -0.2) is 4.98 Å². The molecule has 1 aliphatic carbocycles. The molecule has 3 rings (SSSR count). The van der Waals surface area contributed by atoms with Crippen LogP contribution in [0.5, 0.6) is 0 Å². The molecule has 2 aromatic rings. The first kappa shape index (κ1) is 9.93. The minimum absolute atomic E-state index is 0.535. The van der Waals surface area contributed by atoms with Crippen LogP contribution in [-0.2, 0) is 12.8 Å². The Morgan fingerprint density at radius 1 is 1.38 bits per heavy atom. The summed E-state index contributed by atoms with van der Waals surface area (Å²) in [6.45, 7) is 0. The lowest BCUT2D eigenvalue weighted by molar-refractivity contribution is 0.907. The maximum Gasteiger partial charge on any atom is 0.230 e. The largest absolute Gasteiger partial charge is 0.230 e. The van der Waals surface area contributed by atoms with Gasteiger partial charge in [0, 0.05) is 5.02 Å². The van der Waals surface area contributed by atoms with Gasteiger partial charge in [-0.2, -0.15) is 0 Å². The summed E-state index contributed by atoms with van der Waals surface area (Å²) in [7, 11) is 0. The number of rotatable bonds is 1. The Morgan fingerprint density at radius 2 is 2.25 bits per heavy atom. The third-order valence-electron chi connectivity index (χ3n) is 2.72. The molecule has 0 bridgehead atoms. The summed E-state index contributed by atoms with van der Waals surface area (Å²) >= 11 is 7.45. The van der Waals surface area contributed by atoms with E-state index >= 15 is 0 Å². The van der Waals surface area contributed by atoms with Crippen LogP contribution in [0.15, 0.2) is 23.3 Å². The molecule has 0 aliphatic heterocycles. The number of hydrogen-bond acceptors (Lipinski definition) is 4. The van der Waals surface area contributed by atoms with Crippen LogP contribution in [0.4, 0.5) is 5.13 Å². The smallest absolute Gasteiger partial charge is 0.221 e. The number of fused-ring (bicyclic) bond motifs is 3. The van der Waals surface area contributed by atoms with Crippen molar-refractivity contribution < 1.29 is 0 Å². The molecule has 16 heavy (non-hydrogen) atoms. The molecule has 3 nitrogen and oxygen atoms in total. The van der Waals surface area contributed by atoms with E-state index in [1.807, 2.05) is 18.2 Å². The Bertz CT molecular complexity index is 577. The number of hydrogen-bond donors (Lipinski definition) is 1. The zero-order valence-electron chi connectivity index (χ0n) is 8.33. The number of benzene rings is 1. The third kappa shape index (κ3) is 1.45. The Balaban J connectivity index is 2.22. The molecule has 1 aromatic carbocycles. The predicted octanol–water partition coefficient (Wildman–Crippen LogP) is 4.22. The quantitative estimate of drug-likeness (QED) is 0.756. The summed E-state index contributed by atoms with van der Waals surface area (Å²) < 4.78 is 0. The molecule has 1 aromatic heterocycles. The average Bonchev–Trinajstić information content (AvgIpc) is 2.71. The van der Waals surface area contributed by atoms with E-state index in [-0.39, 0.29) is 0 Å². The number of nitrogens with one attached hydrogen (secondary N) is 1. The van der Waals surface area contributed by atoms with Gasteiger partial charge in [0.25, 0.3) is 0 Å². The Morgan fingerprint density at radius 3 is 3.06 bits per heavy atom. The van der Waals surface area contributed by atoms with Gasteiger partial charge >= 0.3 is 0 Å². The highest BCUT2D eigenvalue weighted by atomic mass is 35.5. The first-order chi connectivity index (χ1) is 7.78. The van der Waals surface area contributed by atoms with Crippen molar-refractivity contribution in [2.45, 2.75) is 12.8 Å². The van der Waals surface area contributed by atoms with Gasteiger partial charge < -0.3 is 0 Å². The van der Waals surface area contributed by atoms with Crippen molar-refractivity contribution in [1.82, 2.24) is 4.98 Å². The van der Waals surface area contributed by atoms with Crippen LogP contribution in [0.1, 0.15) is 11.3 Å². The third-order valence-corrected chi connectivity index (χ3v) is 3.98. The molecular weight excluding hydrogens is 242 g/mol. The van der Waals surface area contributed by atoms with Crippen molar-refractivity contribution in [2.75, 3.05) is 0 Å². The molecular formula is C11H8ClN3S. The topological polar surface area (TPSA) is 49.1 Å². The molecule has 0 fully saturated rings. The van der Waals surface area contributed by atoms with E-state index in [9.17, 15) is 0 Å². The maximum atomic E-state index is 6.99. The van der Waals surface area contributed by atoms with Crippen molar-refractivity contribution >= 4 is 28.1 Å². The number of halogens is 1. The molecule has 0 saturated carbocycles. The monoisotopic (exact) mass is 249 g/mol. The molecule has 0 saturated heterocycles. The Labute approximate surface area is 102 Å². The molecule has 0 spiro atoms. The van der Waals surface area contributed by atoms with E-state index < -0.39 is 0 Å². The summed E-state index contributed by atoms with van der Waals surface area (Å²) in [5.74, 6) is 0. The van der Waals surface area contributed by atoms with Crippen LogP contribution < -0.4 is 0 Å². The molecule has 80 valence electrons. The van der Waals surface area contributed by atoms with Crippen LogP contribution >= 0.6 is 22.9 Å². The lowest BCUT2D eigenvalue weighted by Gasteiger charge is -2.14. The van der Waals surface area contributed by atoms with E-state index in [4.69, 9.17) is 17.1 Å². The number of nitrogens with zero attached hydrogens (tertiary/aromatic N) is 2. The summed E-state index contributed by atoms with van der Waals surface area (Å²) in [4.78, 5) is 5.46. The Kier molecular flexibility index (Phi) is 2.26. The number of aryl methyl sites for hydroxylation is 2. The van der Waals surface area contributed by atoms with Crippen molar-refractivity contribution in [2.24, 2.45) is 5.11 Å². The van der Waals surface area contributed by atoms with E-state index in [0.29, 0.717) is 5.13 Å². The fourth-order valence-electron chi connectivity index (χ4n) is 2.01. The minimum atomic E-state index is 0.535. The molecule has 1 heterocycles. The Hall–Kier alpha value is -1.26. The fourth-order valence-corrected chi connectivity index (χ4v) is 3.16. The summed E-state index contributed by atoms with van der Waals surface area (Å²) in [6, 6.07) is 5.94. The molecule has 0 amide bonds. The van der Waals surface area contributed by atoms with Crippen molar-refractivity contribution in [3.8, 4) is 10.4 Å². The van der Waals surface area contributed by atoms with Gasteiger partial charge in [-0.3, -0.25) is 0 Å². The van der Waals surface area contributed by atoms with Gasteiger partial charge in [-0.15, -0.1) is 5.11 Å². The van der Waals surface area contributed by atoms with Gasteiger partial charge in [0.2, 0.25) is 5.13 Å². The normalized spacial score (nSPS) is 13.1. The summed E-state index contributed by atoms with van der Waals surface area (Å²) in [5.41, 5.74) is 10.5. The van der Waals surface area contributed by atoms with Crippen LogP contribution in [0, 0.1) is 5.53 Å². The lowest BCUT2D eigenvalue weighted by Crippen LogP contribution is -2.01. The van der Waals surface area contributed by atoms with Crippen molar-refractivity contribution in [3.05, 3.63) is 34.5 Å². The van der Waals surface area contributed by atoms with E-state index in [0.717, 1.165) is 28.4 Å². The zero-order chi connectivity index (χ0) is 11.1. The van der Waals surface area contributed by atoms with E-state index in [2.05, 4.69) is 10.1 Å². The minimum Gasteiger partial charge on any atom is -0.221 e. The summed E-state index contributed by atoms with van der Waals surface area (Å²) in [5, 5.41) is 4.71. The van der Waals surface area contributed by atoms with Gasteiger partial charge in [0.1, 0.15) is 0 Å². The average molecular weight is 250 g/mol. The van der Waals surface area contributed by atoms with E-state index in [1.165, 1.54) is 22.5 Å². The lowest BCUT2D eigenvalue weighted by atomic mass is 9.94. The highest BCUT2D eigenvalue weighted by molar-refractivity contribution is 7.18. The van der Waals surface area contributed by atoms with Crippen LogP contribution in [0.2, 0.25) is 5.02 Å². The first-order valence-corrected chi connectivity index (χ1v) is 6.13. The second kappa shape index (κ2) is 3.64. The fraction of sp³-hybridized carbons (Fsp3) is 0.182. The van der Waals surface area contributed by atoms with Crippen molar-refractivity contribution in [3.63, 3.8) is 0 Å². The second-order valence-corrected chi connectivity index (χ2v) is 5.10. The predicted molar refractivity (Wildman–Crippen MR) is 64.8 cm³/mol. The summed E-state index contributed by atoms with van der Waals surface area (Å²) in [6.07, 6.45) is 1.87. The number of aromatic nitrogens is 1. The second-order valence-electron chi connectivity index (χ2n) is 3.69. The molecule has 0 atom stereocenters. The van der Waals surface area contributed by atoms with Gasteiger partial charge in [0.15, 0.2) is 0 Å². The van der Waals surface area contributed by atoms with Crippen molar-refractivity contribution in [1.29, 1.82) is 5.53 Å². The molecule has 1 N–H and O–H groups in total. The molecule has 0 unspecified atom stereocenters. The van der Waals surface area contributed by atoms with Crippen LogP contribution in [0.3, 0.4) is 0 Å². The SMILES string of the molecule is N=Nc1nc2c(s1)-c1ccc(Cl)cc1CC2. The molecule has 5 heteroatoms. The standard InChI is InChI=1S/C11H8ClN3S/c12-7-2-3-8-6(5-7)1-4-9-10(8)16-11(14-9)15-13/h2-3,5,13H,1,4H2. The first-order valence-electron chi connectivity index (χ1n) is 4.94. The van der Waals surface area contributed by atoms with Gasteiger partial charge in [-0.25, -0.2) is 10.5 Å². The van der Waals surface area contributed by atoms with Crippen LogP contribution in [0.25, 0.3) is 10.4 Å². The maximum absolute atomic E-state index is 6.99. The highest BCUT2D eigenvalue weighted by Gasteiger charge is 2.20. The van der Waals surface area contributed by atoms with Gasteiger partial charge in [-0.05, 0) is 36.1 Å². The molecule has 1 aliphatic rings. The zero-order valence-corrected chi connectivity index (χ0v) is 9.90. The highest BCUT2D eigenvalue weighted by Crippen LogP contribution is 2.40.